The number of fused-ring (bicyclic) bond motifs is 3. The molecule has 7 nitrogen and oxygen atoms in total. The van der Waals surface area contributed by atoms with Crippen LogP contribution in [-0.2, 0) is 22.5 Å². The highest BCUT2D eigenvalue weighted by molar-refractivity contribution is 5.86. The summed E-state index contributed by atoms with van der Waals surface area (Å²) < 4.78 is 16.9. The molecule has 0 N–H and O–H groups in total. The van der Waals surface area contributed by atoms with E-state index in [1.807, 2.05) is 19.1 Å². The summed E-state index contributed by atoms with van der Waals surface area (Å²) in [7, 11) is 0. The summed E-state index contributed by atoms with van der Waals surface area (Å²) >= 11 is 0. The quantitative estimate of drug-likeness (QED) is 0.348. The first-order valence-corrected chi connectivity index (χ1v) is 12.9. The molecule has 2 aliphatic rings. The summed E-state index contributed by atoms with van der Waals surface area (Å²) in [5, 5.41) is 0.868. The molecule has 0 radical (unpaired) electrons. The third-order valence-corrected chi connectivity index (χ3v) is 7.49. The van der Waals surface area contributed by atoms with E-state index >= 15 is 0 Å². The Morgan fingerprint density at radius 1 is 1.06 bits per heavy atom. The van der Waals surface area contributed by atoms with Gasteiger partial charge >= 0.3 is 11.6 Å². The molecule has 1 saturated heterocycles. The van der Waals surface area contributed by atoms with E-state index in [1.54, 1.807) is 6.92 Å². The van der Waals surface area contributed by atoms with Crippen LogP contribution in [0.25, 0.3) is 11.0 Å². The largest absolute Gasteiger partial charge is 0.473 e. The number of anilines is 2. The van der Waals surface area contributed by atoms with Crippen molar-refractivity contribution in [2.75, 3.05) is 36.2 Å². The first-order chi connectivity index (χ1) is 17.4. The van der Waals surface area contributed by atoms with E-state index < -0.39 is 5.63 Å². The van der Waals surface area contributed by atoms with E-state index in [9.17, 15) is 9.59 Å². The van der Waals surface area contributed by atoms with Crippen LogP contribution >= 0.6 is 0 Å². The van der Waals surface area contributed by atoms with Crippen LogP contribution in [0.2, 0.25) is 0 Å². The Kier molecular flexibility index (Phi) is 6.90. The average Bonchev–Trinajstić information content (AvgIpc) is 2.89. The molecule has 36 heavy (non-hydrogen) atoms. The van der Waals surface area contributed by atoms with Gasteiger partial charge in [0.1, 0.15) is 11.3 Å². The van der Waals surface area contributed by atoms with Crippen molar-refractivity contribution in [2.45, 2.75) is 53.0 Å². The number of carbonyl (C=O) groups is 1. The third kappa shape index (κ3) is 4.79. The van der Waals surface area contributed by atoms with Gasteiger partial charge in [-0.05, 0) is 81.0 Å². The summed E-state index contributed by atoms with van der Waals surface area (Å²) in [6.45, 7) is 9.55. The molecule has 0 unspecified atom stereocenters. The molecule has 0 bridgehead atoms. The van der Waals surface area contributed by atoms with Crippen molar-refractivity contribution in [3.05, 3.63) is 63.5 Å². The minimum atomic E-state index is -0.407. The minimum absolute atomic E-state index is 0.152. The predicted octanol–water partition coefficient (Wildman–Crippen LogP) is 5.19. The van der Waals surface area contributed by atoms with E-state index in [0.717, 1.165) is 47.0 Å². The lowest BCUT2D eigenvalue weighted by atomic mass is 9.98. The lowest BCUT2D eigenvalue weighted by Gasteiger charge is -2.33. The van der Waals surface area contributed by atoms with Gasteiger partial charge in [-0.3, -0.25) is 4.79 Å². The van der Waals surface area contributed by atoms with Crippen molar-refractivity contribution in [2.24, 2.45) is 5.92 Å². The Morgan fingerprint density at radius 2 is 1.75 bits per heavy atom. The number of aryl methyl sites for hydroxylation is 1. The second-order valence-electron chi connectivity index (χ2n) is 9.87. The molecule has 7 heteroatoms. The molecular formula is C29H34N2O5. The van der Waals surface area contributed by atoms with Crippen LogP contribution in [0.15, 0.2) is 45.6 Å². The third-order valence-electron chi connectivity index (χ3n) is 7.49. The van der Waals surface area contributed by atoms with Crippen molar-refractivity contribution in [3.63, 3.8) is 0 Å². The molecule has 2 aromatic carbocycles. The summed E-state index contributed by atoms with van der Waals surface area (Å²) in [6, 6.07) is 12.5. The van der Waals surface area contributed by atoms with Gasteiger partial charge in [0.2, 0.25) is 0 Å². The number of benzene rings is 2. The summed E-state index contributed by atoms with van der Waals surface area (Å²) in [4.78, 5) is 29.3. The van der Waals surface area contributed by atoms with Crippen LogP contribution in [0.3, 0.4) is 0 Å². The van der Waals surface area contributed by atoms with E-state index in [0.29, 0.717) is 37.4 Å². The van der Waals surface area contributed by atoms with Crippen LogP contribution in [0.4, 0.5) is 11.4 Å². The molecule has 190 valence electrons. The lowest BCUT2D eigenvalue weighted by Crippen LogP contribution is -2.33. The zero-order chi connectivity index (χ0) is 25.2. The van der Waals surface area contributed by atoms with E-state index in [1.165, 1.54) is 18.5 Å². The Hall–Kier alpha value is -3.48. The van der Waals surface area contributed by atoms with Gasteiger partial charge in [0.15, 0.2) is 6.73 Å². The number of hydrogen-bond acceptors (Lipinski definition) is 7. The van der Waals surface area contributed by atoms with Gasteiger partial charge in [-0.2, -0.15) is 0 Å². The van der Waals surface area contributed by atoms with E-state index in [2.05, 4.69) is 41.0 Å². The first-order valence-electron chi connectivity index (χ1n) is 12.9. The van der Waals surface area contributed by atoms with Gasteiger partial charge < -0.3 is 23.7 Å². The Labute approximate surface area is 211 Å². The molecule has 0 saturated carbocycles. The van der Waals surface area contributed by atoms with Crippen molar-refractivity contribution >= 4 is 28.3 Å². The Balaban J connectivity index is 1.38. The molecule has 0 atom stereocenters. The number of rotatable bonds is 6. The van der Waals surface area contributed by atoms with Crippen molar-refractivity contribution in [1.82, 2.24) is 0 Å². The molecule has 1 aromatic heterocycles. The first kappa shape index (κ1) is 24.2. The highest BCUT2D eigenvalue weighted by Crippen LogP contribution is 2.36. The van der Waals surface area contributed by atoms with Crippen LogP contribution in [0.5, 0.6) is 5.75 Å². The SMILES string of the molecule is CCOC(=O)CCc1c(C)c2ccc3c(c2oc1=O)CN(c1ccc(N2CCC(C)CC2)cc1)CO3. The topological polar surface area (TPSA) is 72.2 Å². The molecule has 3 aromatic rings. The van der Waals surface area contributed by atoms with Gasteiger partial charge in [-0.25, -0.2) is 4.79 Å². The fourth-order valence-electron chi connectivity index (χ4n) is 5.22. The maximum absolute atomic E-state index is 12.9. The van der Waals surface area contributed by atoms with E-state index in [4.69, 9.17) is 13.9 Å². The summed E-state index contributed by atoms with van der Waals surface area (Å²) in [6.07, 6.45) is 2.92. The summed E-state index contributed by atoms with van der Waals surface area (Å²) in [5.74, 6) is 1.23. The fraction of sp³-hybridized carbons (Fsp3) is 0.448. The van der Waals surface area contributed by atoms with E-state index in [-0.39, 0.29) is 12.4 Å². The second-order valence-corrected chi connectivity index (χ2v) is 9.87. The van der Waals surface area contributed by atoms with Crippen LogP contribution < -0.4 is 20.2 Å². The molecular weight excluding hydrogens is 456 g/mol. The van der Waals surface area contributed by atoms with Crippen LogP contribution in [-0.4, -0.2) is 32.4 Å². The fourth-order valence-corrected chi connectivity index (χ4v) is 5.22. The zero-order valence-corrected chi connectivity index (χ0v) is 21.3. The number of piperidine rings is 1. The minimum Gasteiger partial charge on any atom is -0.473 e. The lowest BCUT2D eigenvalue weighted by molar-refractivity contribution is -0.143. The molecule has 0 spiro atoms. The summed E-state index contributed by atoms with van der Waals surface area (Å²) in [5.41, 5.74) is 4.69. The van der Waals surface area contributed by atoms with Gasteiger partial charge in [-0.1, -0.05) is 6.92 Å². The molecule has 3 heterocycles. The van der Waals surface area contributed by atoms with Gasteiger partial charge in [0, 0.05) is 41.8 Å². The molecule has 2 aliphatic heterocycles. The zero-order valence-electron chi connectivity index (χ0n) is 21.3. The predicted molar refractivity (Wildman–Crippen MR) is 141 cm³/mol. The average molecular weight is 491 g/mol. The Morgan fingerprint density at radius 3 is 2.44 bits per heavy atom. The molecule has 1 fully saturated rings. The van der Waals surface area contributed by atoms with Gasteiger partial charge in [0.25, 0.3) is 0 Å². The number of esters is 1. The molecule has 0 aliphatic carbocycles. The number of hydrogen-bond donors (Lipinski definition) is 0. The highest BCUT2D eigenvalue weighted by Gasteiger charge is 2.24. The van der Waals surface area contributed by atoms with Crippen LogP contribution in [0.1, 0.15) is 49.8 Å². The smallest absolute Gasteiger partial charge is 0.339 e. The maximum atomic E-state index is 12.9. The number of ether oxygens (including phenoxy) is 2. The molecule has 5 rings (SSSR count). The number of nitrogens with zero attached hydrogens (tertiary/aromatic N) is 2. The van der Waals surface area contributed by atoms with Gasteiger partial charge in [-0.15, -0.1) is 0 Å². The number of carbonyl (C=O) groups excluding carboxylic acids is 1. The monoisotopic (exact) mass is 490 g/mol. The van der Waals surface area contributed by atoms with Crippen molar-refractivity contribution in [1.29, 1.82) is 0 Å². The molecule has 0 amide bonds. The van der Waals surface area contributed by atoms with Crippen molar-refractivity contribution in [3.8, 4) is 5.75 Å². The normalized spacial score (nSPS) is 16.1. The Bertz CT molecular complexity index is 1310. The van der Waals surface area contributed by atoms with Crippen molar-refractivity contribution < 1.29 is 18.7 Å². The maximum Gasteiger partial charge on any atom is 0.339 e. The standard InChI is InChI=1S/C29H34N2O5/c1-4-34-27(32)12-10-24-20(3)23-9-11-26-25(28(23)36-29(24)33)17-31(18-35-26)22-7-5-21(6-8-22)30-15-13-19(2)14-16-30/h5-9,11,19H,4,10,12-18H2,1-3H3. The van der Waals surface area contributed by atoms with Gasteiger partial charge in [0.05, 0.1) is 18.7 Å². The van der Waals surface area contributed by atoms with Crippen LogP contribution in [0, 0.1) is 12.8 Å². The highest BCUT2D eigenvalue weighted by atomic mass is 16.5. The second kappa shape index (κ2) is 10.2.